The van der Waals surface area contributed by atoms with Crippen LogP contribution in [0.15, 0.2) is 15.9 Å². The lowest BCUT2D eigenvalue weighted by Gasteiger charge is -2.20. The predicted octanol–water partition coefficient (Wildman–Crippen LogP) is 3.03. The Balaban J connectivity index is 2.47. The van der Waals surface area contributed by atoms with E-state index in [1.54, 1.807) is 11.3 Å². The van der Waals surface area contributed by atoms with Crippen LogP contribution in [0.2, 0.25) is 0 Å². The van der Waals surface area contributed by atoms with Gasteiger partial charge in [0.2, 0.25) is 0 Å². The van der Waals surface area contributed by atoms with Gasteiger partial charge >= 0.3 is 0 Å². The van der Waals surface area contributed by atoms with Gasteiger partial charge in [-0.3, -0.25) is 0 Å². The van der Waals surface area contributed by atoms with Crippen LogP contribution in [0, 0.1) is 0 Å². The van der Waals surface area contributed by atoms with Crippen molar-refractivity contribution in [3.8, 4) is 0 Å². The highest BCUT2D eigenvalue weighted by Gasteiger charge is 2.15. The van der Waals surface area contributed by atoms with E-state index in [-0.39, 0.29) is 11.6 Å². The zero-order valence-corrected chi connectivity index (χ0v) is 11.0. The van der Waals surface area contributed by atoms with Crippen LogP contribution in [-0.2, 0) is 0 Å². The molecular weight excluding hydrogens is 260 g/mol. The third kappa shape index (κ3) is 4.09. The van der Waals surface area contributed by atoms with Gasteiger partial charge in [-0.15, -0.1) is 11.3 Å². The minimum Gasteiger partial charge on any atom is -0.326 e. The van der Waals surface area contributed by atoms with E-state index in [0.29, 0.717) is 0 Å². The molecule has 2 nitrogen and oxygen atoms in total. The number of hydrogen-bond donors (Lipinski definition) is 2. The summed E-state index contributed by atoms with van der Waals surface area (Å²) in [5.74, 6) is 0. The molecule has 0 aliphatic heterocycles. The average molecular weight is 277 g/mol. The molecular formula is C10H17BrN2S. The van der Waals surface area contributed by atoms with Gasteiger partial charge in [0.15, 0.2) is 0 Å². The Morgan fingerprint density at radius 3 is 2.64 bits per heavy atom. The Hall–Kier alpha value is 0.1000. The molecule has 0 amide bonds. The van der Waals surface area contributed by atoms with Crippen LogP contribution < -0.4 is 11.5 Å². The second-order valence-corrected chi connectivity index (χ2v) is 6.16. The molecule has 1 aromatic rings. The van der Waals surface area contributed by atoms with E-state index in [4.69, 9.17) is 11.5 Å². The number of halogens is 1. The van der Waals surface area contributed by atoms with Crippen molar-refractivity contribution in [3.05, 3.63) is 20.8 Å². The fourth-order valence-electron chi connectivity index (χ4n) is 1.19. The van der Waals surface area contributed by atoms with Crippen molar-refractivity contribution < 1.29 is 0 Å². The molecule has 0 saturated carbocycles. The third-order valence-corrected chi connectivity index (χ3v) is 3.88. The fraction of sp³-hybridized carbons (Fsp3) is 0.600. The van der Waals surface area contributed by atoms with Gasteiger partial charge < -0.3 is 11.5 Å². The minimum absolute atomic E-state index is 0.119. The first-order valence-corrected chi connectivity index (χ1v) is 6.34. The highest BCUT2D eigenvalue weighted by molar-refractivity contribution is 9.10. The second kappa shape index (κ2) is 4.75. The highest BCUT2D eigenvalue weighted by atomic mass is 79.9. The third-order valence-electron chi connectivity index (χ3n) is 2.05. The van der Waals surface area contributed by atoms with Crippen LogP contribution >= 0.6 is 27.3 Å². The molecule has 0 radical (unpaired) electrons. The van der Waals surface area contributed by atoms with Gasteiger partial charge in [-0.25, -0.2) is 0 Å². The average Bonchev–Trinajstić information content (AvgIpc) is 2.46. The Morgan fingerprint density at radius 1 is 1.57 bits per heavy atom. The quantitative estimate of drug-likeness (QED) is 0.888. The molecule has 1 rings (SSSR count). The van der Waals surface area contributed by atoms with Gasteiger partial charge in [-0.2, -0.15) is 0 Å². The molecule has 1 atom stereocenters. The van der Waals surface area contributed by atoms with E-state index in [9.17, 15) is 0 Å². The number of rotatable bonds is 4. The Bertz CT molecular complexity index is 291. The van der Waals surface area contributed by atoms with Gasteiger partial charge in [0.1, 0.15) is 0 Å². The van der Waals surface area contributed by atoms with Crippen LogP contribution in [0.3, 0.4) is 0 Å². The van der Waals surface area contributed by atoms with Crippen molar-refractivity contribution >= 4 is 27.3 Å². The van der Waals surface area contributed by atoms with Crippen molar-refractivity contribution in [2.75, 3.05) is 0 Å². The maximum absolute atomic E-state index is 6.05. The van der Waals surface area contributed by atoms with Crippen molar-refractivity contribution in [2.24, 2.45) is 11.5 Å². The molecule has 0 aliphatic carbocycles. The van der Waals surface area contributed by atoms with Crippen molar-refractivity contribution in [2.45, 2.75) is 38.3 Å². The number of hydrogen-bond acceptors (Lipinski definition) is 3. The summed E-state index contributed by atoms with van der Waals surface area (Å²) in [4.78, 5) is 1.22. The summed E-state index contributed by atoms with van der Waals surface area (Å²) in [6.07, 6.45) is 1.89. The zero-order chi connectivity index (χ0) is 10.8. The van der Waals surface area contributed by atoms with Crippen LogP contribution in [0.4, 0.5) is 0 Å². The molecule has 1 aromatic heterocycles. The van der Waals surface area contributed by atoms with Gasteiger partial charge in [0.25, 0.3) is 0 Å². The molecule has 0 bridgehead atoms. The molecule has 0 aromatic carbocycles. The SMILES string of the molecule is CC(C)(N)CCC(N)c1cc(Br)cs1. The summed E-state index contributed by atoms with van der Waals surface area (Å²) in [6.45, 7) is 4.06. The van der Waals surface area contributed by atoms with Gasteiger partial charge in [0.05, 0.1) is 0 Å². The zero-order valence-electron chi connectivity index (χ0n) is 8.59. The Labute approximate surface area is 97.8 Å². The van der Waals surface area contributed by atoms with Crippen LogP contribution in [0.25, 0.3) is 0 Å². The smallest absolute Gasteiger partial charge is 0.0390 e. The molecule has 1 unspecified atom stereocenters. The Kier molecular flexibility index (Phi) is 4.13. The normalized spacial score (nSPS) is 14.4. The summed E-state index contributed by atoms with van der Waals surface area (Å²) in [5, 5.41) is 2.06. The molecule has 4 heteroatoms. The topological polar surface area (TPSA) is 52.0 Å². The molecule has 0 saturated heterocycles. The monoisotopic (exact) mass is 276 g/mol. The molecule has 0 spiro atoms. The van der Waals surface area contributed by atoms with Gasteiger partial charge in [-0.1, -0.05) is 0 Å². The summed E-state index contributed by atoms with van der Waals surface area (Å²) in [6, 6.07) is 2.20. The van der Waals surface area contributed by atoms with Gasteiger partial charge in [0, 0.05) is 26.3 Å². The first-order chi connectivity index (χ1) is 6.38. The number of thiophene rings is 1. The van der Waals surface area contributed by atoms with Crippen molar-refractivity contribution in [3.63, 3.8) is 0 Å². The molecule has 4 N–H and O–H groups in total. The lowest BCUT2D eigenvalue weighted by atomic mass is 9.96. The lowest BCUT2D eigenvalue weighted by molar-refractivity contribution is 0.435. The first kappa shape index (κ1) is 12.2. The molecule has 80 valence electrons. The van der Waals surface area contributed by atoms with Crippen LogP contribution in [0.5, 0.6) is 0 Å². The summed E-state index contributed by atoms with van der Waals surface area (Å²) >= 11 is 5.12. The minimum atomic E-state index is -0.119. The van der Waals surface area contributed by atoms with Crippen molar-refractivity contribution in [1.29, 1.82) is 0 Å². The maximum Gasteiger partial charge on any atom is 0.0390 e. The lowest BCUT2D eigenvalue weighted by Crippen LogP contribution is -2.32. The predicted molar refractivity (Wildman–Crippen MR) is 66.4 cm³/mol. The second-order valence-electron chi connectivity index (χ2n) is 4.30. The van der Waals surface area contributed by atoms with Crippen molar-refractivity contribution in [1.82, 2.24) is 0 Å². The maximum atomic E-state index is 6.05. The van der Waals surface area contributed by atoms with Crippen LogP contribution in [0.1, 0.15) is 37.6 Å². The molecule has 0 aliphatic rings. The fourth-order valence-corrected chi connectivity index (χ4v) is 2.68. The molecule has 1 heterocycles. The van der Waals surface area contributed by atoms with Gasteiger partial charge in [-0.05, 0) is 48.7 Å². The van der Waals surface area contributed by atoms with E-state index >= 15 is 0 Å². The number of nitrogens with two attached hydrogens (primary N) is 2. The first-order valence-electron chi connectivity index (χ1n) is 4.67. The van der Waals surface area contributed by atoms with E-state index in [1.165, 1.54) is 4.88 Å². The molecule has 14 heavy (non-hydrogen) atoms. The Morgan fingerprint density at radius 2 is 2.21 bits per heavy atom. The largest absolute Gasteiger partial charge is 0.326 e. The van der Waals surface area contributed by atoms with E-state index in [1.807, 2.05) is 13.8 Å². The summed E-state index contributed by atoms with van der Waals surface area (Å²) in [7, 11) is 0. The molecule has 0 fully saturated rings. The van der Waals surface area contributed by atoms with Crippen LogP contribution in [-0.4, -0.2) is 5.54 Å². The standard InChI is InChI=1S/C10H17BrN2S/c1-10(2,13)4-3-8(12)9-5-7(11)6-14-9/h5-6,8H,3-4,12-13H2,1-2H3. The van der Waals surface area contributed by atoms with E-state index in [2.05, 4.69) is 27.4 Å². The summed E-state index contributed by atoms with van der Waals surface area (Å²) < 4.78 is 1.11. The summed E-state index contributed by atoms with van der Waals surface area (Å²) in [5.41, 5.74) is 11.8. The van der Waals surface area contributed by atoms with E-state index in [0.717, 1.165) is 17.3 Å². The highest BCUT2D eigenvalue weighted by Crippen LogP contribution is 2.27. The van der Waals surface area contributed by atoms with E-state index < -0.39 is 0 Å².